The van der Waals surface area contributed by atoms with Crippen molar-refractivity contribution in [1.29, 1.82) is 0 Å². The van der Waals surface area contributed by atoms with Crippen LogP contribution < -0.4 is 11.5 Å². The van der Waals surface area contributed by atoms with Gasteiger partial charge in [0.2, 0.25) is 0 Å². The molecule has 0 aliphatic heterocycles. The summed E-state index contributed by atoms with van der Waals surface area (Å²) in [6.45, 7) is 2.95. The molecule has 0 bridgehead atoms. The van der Waals surface area contributed by atoms with Crippen LogP contribution in [0, 0.1) is 0 Å². The topological polar surface area (TPSA) is 87.6 Å². The molecule has 2 atom stereocenters. The highest BCUT2D eigenvalue weighted by Gasteiger charge is 2.39. The van der Waals surface area contributed by atoms with E-state index >= 15 is 0 Å². The maximum Gasteiger partial charge on any atom is 0.701 e. The number of rotatable bonds is 6. The number of hydrogen-bond acceptors (Lipinski definition) is 5. The highest BCUT2D eigenvalue weighted by atomic mass is 35.5. The summed E-state index contributed by atoms with van der Waals surface area (Å²) < 4.78 is 20.9. The van der Waals surface area contributed by atoms with Crippen molar-refractivity contribution in [2.24, 2.45) is 11.5 Å². The summed E-state index contributed by atoms with van der Waals surface area (Å²) >= 11 is 10.9. The molecule has 4 N–H and O–H groups in total. The summed E-state index contributed by atoms with van der Waals surface area (Å²) in [5, 5.41) is 0. The minimum atomic E-state index is -2.44. The molecule has 0 fully saturated rings. The summed E-state index contributed by atoms with van der Waals surface area (Å²) in [4.78, 5) is 0. The van der Waals surface area contributed by atoms with E-state index in [1.807, 2.05) is 0 Å². The van der Waals surface area contributed by atoms with E-state index in [0.29, 0.717) is 0 Å². The predicted molar refractivity (Wildman–Crippen MR) is 56.4 cm³/mol. The zero-order valence-corrected chi connectivity index (χ0v) is 10.4. The Kier molecular flexibility index (Phi) is 5.77. The van der Waals surface area contributed by atoms with Crippen molar-refractivity contribution in [3.8, 4) is 0 Å². The Balaban J connectivity index is 4.12. The SMILES string of the molecule is CC(N)(CCl)O[P+](=O)OC(C)(N)CCl. The summed E-state index contributed by atoms with van der Waals surface area (Å²) in [6, 6.07) is 0. The molecule has 2 unspecified atom stereocenters. The van der Waals surface area contributed by atoms with Gasteiger partial charge in [0, 0.05) is 4.57 Å². The van der Waals surface area contributed by atoms with Crippen LogP contribution in [-0.4, -0.2) is 23.2 Å². The van der Waals surface area contributed by atoms with Gasteiger partial charge in [-0.3, -0.25) is 11.5 Å². The smallest absolute Gasteiger partial charge is 0.298 e. The van der Waals surface area contributed by atoms with Gasteiger partial charge in [-0.05, 0) is 13.8 Å². The fraction of sp³-hybridized carbons (Fsp3) is 1.00. The van der Waals surface area contributed by atoms with Gasteiger partial charge in [-0.1, -0.05) is 9.05 Å². The van der Waals surface area contributed by atoms with Crippen LogP contribution in [0.3, 0.4) is 0 Å². The van der Waals surface area contributed by atoms with Crippen molar-refractivity contribution in [1.82, 2.24) is 0 Å². The Morgan fingerprint density at radius 3 is 1.64 bits per heavy atom. The van der Waals surface area contributed by atoms with Gasteiger partial charge in [0.05, 0.1) is 11.8 Å². The van der Waals surface area contributed by atoms with Gasteiger partial charge >= 0.3 is 8.25 Å². The molecule has 0 aromatic rings. The number of alkyl halides is 2. The second-order valence-electron chi connectivity index (χ2n) is 3.30. The maximum absolute atomic E-state index is 11.2. The van der Waals surface area contributed by atoms with Crippen LogP contribution >= 0.6 is 31.5 Å². The summed E-state index contributed by atoms with van der Waals surface area (Å²) in [6.07, 6.45) is 0. The van der Waals surface area contributed by atoms with Crippen LogP contribution in [0.4, 0.5) is 0 Å². The lowest BCUT2D eigenvalue weighted by atomic mass is 10.3. The quantitative estimate of drug-likeness (QED) is 0.431. The van der Waals surface area contributed by atoms with Crippen molar-refractivity contribution in [3.63, 3.8) is 0 Å². The molecule has 0 saturated heterocycles. The third-order valence-corrected chi connectivity index (χ3v) is 3.29. The highest BCUT2D eigenvalue weighted by molar-refractivity contribution is 7.33. The molecule has 0 aromatic heterocycles. The summed E-state index contributed by atoms with van der Waals surface area (Å²) in [5.74, 6) is -0.0286. The molecule has 0 amide bonds. The van der Waals surface area contributed by atoms with E-state index in [1.54, 1.807) is 0 Å². The molecule has 0 aliphatic carbocycles. The number of nitrogens with two attached hydrogens (primary N) is 2. The van der Waals surface area contributed by atoms with Crippen LogP contribution in [0.15, 0.2) is 0 Å². The molecular formula is C6H14Cl2N2O3P+. The van der Waals surface area contributed by atoms with Crippen LogP contribution in [0.5, 0.6) is 0 Å². The van der Waals surface area contributed by atoms with Gasteiger partial charge < -0.3 is 0 Å². The van der Waals surface area contributed by atoms with Gasteiger partial charge in [0.25, 0.3) is 0 Å². The van der Waals surface area contributed by atoms with Crippen molar-refractivity contribution in [2.75, 3.05) is 11.8 Å². The monoisotopic (exact) mass is 263 g/mol. The Morgan fingerprint density at radius 2 is 1.43 bits per heavy atom. The van der Waals surface area contributed by atoms with E-state index in [9.17, 15) is 4.57 Å². The summed E-state index contributed by atoms with van der Waals surface area (Å²) in [7, 11) is -2.44. The Labute approximate surface area is 94.0 Å². The largest absolute Gasteiger partial charge is 0.701 e. The van der Waals surface area contributed by atoms with Gasteiger partial charge in [-0.15, -0.1) is 23.2 Å². The van der Waals surface area contributed by atoms with Crippen LogP contribution in [0.2, 0.25) is 0 Å². The van der Waals surface area contributed by atoms with Crippen LogP contribution in [0.25, 0.3) is 0 Å². The minimum Gasteiger partial charge on any atom is -0.298 e. The Bertz CT molecular complexity index is 193. The van der Waals surface area contributed by atoms with Gasteiger partial charge in [-0.2, -0.15) is 0 Å². The standard InChI is InChI=1S/C6H14Cl2N2O3P/c1-5(9,3-7)12-14(11)13-6(2,10)4-8/h3-4,9-10H2,1-2H3/q+1. The molecule has 0 spiro atoms. The highest BCUT2D eigenvalue weighted by Crippen LogP contribution is 2.33. The Hall–Kier alpha value is 0.520. The van der Waals surface area contributed by atoms with Crippen LogP contribution in [0.1, 0.15) is 13.8 Å². The van der Waals surface area contributed by atoms with Crippen LogP contribution in [-0.2, 0) is 13.6 Å². The zero-order valence-electron chi connectivity index (χ0n) is 8.00. The van der Waals surface area contributed by atoms with Crippen molar-refractivity contribution in [3.05, 3.63) is 0 Å². The second kappa shape index (κ2) is 5.56. The lowest BCUT2D eigenvalue weighted by molar-refractivity contribution is 0.0550. The summed E-state index contributed by atoms with van der Waals surface area (Å²) in [5.41, 5.74) is 8.55. The normalized spacial score (nSPS) is 21.1. The zero-order chi connectivity index (χ0) is 11.4. The molecule has 0 radical (unpaired) electrons. The van der Waals surface area contributed by atoms with E-state index in [1.165, 1.54) is 13.8 Å². The molecule has 0 saturated carbocycles. The molecule has 8 heteroatoms. The lowest BCUT2D eigenvalue weighted by Crippen LogP contribution is -2.42. The maximum atomic E-state index is 11.2. The third-order valence-electron chi connectivity index (χ3n) is 1.10. The fourth-order valence-electron chi connectivity index (χ4n) is 0.408. The number of halogens is 2. The molecule has 14 heavy (non-hydrogen) atoms. The van der Waals surface area contributed by atoms with Crippen molar-refractivity contribution < 1.29 is 13.6 Å². The molecule has 0 aliphatic rings. The molecule has 0 aromatic carbocycles. The average Bonchev–Trinajstić information content (AvgIpc) is 2.02. The molecular weight excluding hydrogens is 250 g/mol. The van der Waals surface area contributed by atoms with Gasteiger partial charge in [0.1, 0.15) is 0 Å². The van der Waals surface area contributed by atoms with E-state index < -0.39 is 19.7 Å². The van der Waals surface area contributed by atoms with E-state index in [0.717, 1.165) is 0 Å². The Morgan fingerprint density at radius 1 is 1.14 bits per heavy atom. The third kappa shape index (κ3) is 6.09. The molecule has 5 nitrogen and oxygen atoms in total. The van der Waals surface area contributed by atoms with E-state index in [2.05, 4.69) is 0 Å². The first-order chi connectivity index (χ1) is 6.22. The first-order valence-corrected chi connectivity index (χ1v) is 5.94. The molecule has 84 valence electrons. The van der Waals surface area contributed by atoms with E-state index in [-0.39, 0.29) is 11.8 Å². The van der Waals surface area contributed by atoms with E-state index in [4.69, 9.17) is 43.7 Å². The first-order valence-electron chi connectivity index (χ1n) is 3.77. The lowest BCUT2D eigenvalue weighted by Gasteiger charge is -2.16. The van der Waals surface area contributed by atoms with Gasteiger partial charge in [-0.25, -0.2) is 0 Å². The second-order valence-corrected chi connectivity index (χ2v) is 4.65. The van der Waals surface area contributed by atoms with Gasteiger partial charge in [0.15, 0.2) is 11.4 Å². The average molecular weight is 264 g/mol. The first kappa shape index (κ1) is 14.5. The molecule has 0 rings (SSSR count). The van der Waals surface area contributed by atoms with Crippen molar-refractivity contribution >= 4 is 31.5 Å². The predicted octanol–water partition coefficient (Wildman–Crippen LogP) is 1.50. The molecule has 0 heterocycles. The number of hydrogen-bond donors (Lipinski definition) is 2. The fourth-order valence-corrected chi connectivity index (χ4v) is 1.52. The van der Waals surface area contributed by atoms with Crippen molar-refractivity contribution in [2.45, 2.75) is 25.3 Å². The minimum absolute atomic E-state index is 0.0143.